The van der Waals surface area contributed by atoms with E-state index in [0.717, 1.165) is 42.8 Å². The molecule has 2 N–H and O–H groups in total. The monoisotopic (exact) mass is 218 g/mol. The molecule has 3 heterocycles. The van der Waals surface area contributed by atoms with E-state index >= 15 is 0 Å². The van der Waals surface area contributed by atoms with Gasteiger partial charge in [0.25, 0.3) is 0 Å². The van der Waals surface area contributed by atoms with E-state index in [1.54, 1.807) is 6.33 Å². The first-order valence-corrected chi connectivity index (χ1v) is 5.57. The van der Waals surface area contributed by atoms with E-state index in [2.05, 4.69) is 20.3 Å². The average molecular weight is 218 g/mol. The predicted octanol–water partition coefficient (Wildman–Crippen LogP) is 1.55. The minimum absolute atomic E-state index is 0.323. The lowest BCUT2D eigenvalue weighted by Crippen LogP contribution is -2.19. The standard InChI is InChI=1S/C11H14N4O/c1-2-8(16-5-1)6-13-11-9-3-4-12-10(9)14-7-15-11/h3-4,7-8H,1-2,5-6H2,(H2,12,13,14,15). The second-order valence-electron chi connectivity index (χ2n) is 3.98. The number of fused-ring (bicyclic) bond motifs is 1. The van der Waals surface area contributed by atoms with Crippen molar-refractivity contribution in [1.29, 1.82) is 0 Å². The van der Waals surface area contributed by atoms with Crippen LogP contribution in [-0.2, 0) is 4.74 Å². The second-order valence-corrected chi connectivity index (χ2v) is 3.98. The quantitative estimate of drug-likeness (QED) is 0.820. The topological polar surface area (TPSA) is 62.8 Å². The van der Waals surface area contributed by atoms with Gasteiger partial charge < -0.3 is 15.0 Å². The number of nitrogens with one attached hydrogen (secondary N) is 2. The molecule has 16 heavy (non-hydrogen) atoms. The molecule has 1 aliphatic rings. The molecule has 2 aromatic rings. The molecule has 2 aromatic heterocycles. The number of hydrogen-bond acceptors (Lipinski definition) is 4. The minimum atomic E-state index is 0.323. The maximum absolute atomic E-state index is 5.55. The van der Waals surface area contributed by atoms with Crippen LogP contribution < -0.4 is 5.32 Å². The number of ether oxygens (including phenoxy) is 1. The van der Waals surface area contributed by atoms with Gasteiger partial charge in [0, 0.05) is 19.3 Å². The zero-order valence-corrected chi connectivity index (χ0v) is 8.94. The van der Waals surface area contributed by atoms with Crippen LogP contribution in [0.2, 0.25) is 0 Å². The maximum atomic E-state index is 5.55. The maximum Gasteiger partial charge on any atom is 0.142 e. The highest BCUT2D eigenvalue weighted by atomic mass is 16.5. The molecule has 3 rings (SSSR count). The number of rotatable bonds is 3. The molecule has 1 atom stereocenters. The van der Waals surface area contributed by atoms with Gasteiger partial charge in [0.05, 0.1) is 11.5 Å². The van der Waals surface area contributed by atoms with Crippen LogP contribution in [0.1, 0.15) is 12.8 Å². The molecule has 0 aliphatic carbocycles. The normalized spacial score (nSPS) is 20.4. The van der Waals surface area contributed by atoms with Gasteiger partial charge in [0.1, 0.15) is 17.8 Å². The number of hydrogen-bond donors (Lipinski definition) is 2. The fourth-order valence-corrected chi connectivity index (χ4v) is 2.03. The Morgan fingerprint density at radius 1 is 1.50 bits per heavy atom. The van der Waals surface area contributed by atoms with Gasteiger partial charge in [-0.3, -0.25) is 0 Å². The van der Waals surface area contributed by atoms with Gasteiger partial charge in [-0.2, -0.15) is 0 Å². The zero-order chi connectivity index (χ0) is 10.8. The molecule has 0 amide bonds. The van der Waals surface area contributed by atoms with Crippen molar-refractivity contribution in [2.45, 2.75) is 18.9 Å². The van der Waals surface area contributed by atoms with Crippen LogP contribution in [0.3, 0.4) is 0 Å². The van der Waals surface area contributed by atoms with Gasteiger partial charge in [-0.05, 0) is 18.9 Å². The van der Waals surface area contributed by atoms with E-state index in [0.29, 0.717) is 6.10 Å². The molecule has 0 spiro atoms. The molecule has 0 bridgehead atoms. The van der Waals surface area contributed by atoms with Gasteiger partial charge in [-0.25, -0.2) is 9.97 Å². The Morgan fingerprint density at radius 3 is 3.38 bits per heavy atom. The van der Waals surface area contributed by atoms with Gasteiger partial charge >= 0.3 is 0 Å². The largest absolute Gasteiger partial charge is 0.376 e. The lowest BCUT2D eigenvalue weighted by Gasteiger charge is -2.11. The van der Waals surface area contributed by atoms with E-state index in [4.69, 9.17) is 4.74 Å². The molecule has 1 saturated heterocycles. The molecule has 1 fully saturated rings. The van der Waals surface area contributed by atoms with Crippen LogP contribution in [-0.4, -0.2) is 34.2 Å². The molecule has 0 aromatic carbocycles. The van der Waals surface area contributed by atoms with Gasteiger partial charge in [-0.1, -0.05) is 0 Å². The number of aromatic nitrogens is 3. The lowest BCUT2D eigenvalue weighted by molar-refractivity contribution is 0.120. The van der Waals surface area contributed by atoms with Crippen LogP contribution >= 0.6 is 0 Å². The Labute approximate surface area is 93.2 Å². The van der Waals surface area contributed by atoms with E-state index in [-0.39, 0.29) is 0 Å². The third-order valence-corrected chi connectivity index (χ3v) is 2.88. The molecular formula is C11H14N4O. The summed E-state index contributed by atoms with van der Waals surface area (Å²) in [7, 11) is 0. The van der Waals surface area contributed by atoms with Crippen molar-refractivity contribution in [3.63, 3.8) is 0 Å². The highest BCUT2D eigenvalue weighted by Gasteiger charge is 2.15. The van der Waals surface area contributed by atoms with E-state index < -0.39 is 0 Å². The van der Waals surface area contributed by atoms with Crippen molar-refractivity contribution >= 4 is 16.9 Å². The summed E-state index contributed by atoms with van der Waals surface area (Å²) in [6.07, 6.45) is 6.06. The Morgan fingerprint density at radius 2 is 2.50 bits per heavy atom. The fraction of sp³-hybridized carbons (Fsp3) is 0.455. The second kappa shape index (κ2) is 4.09. The van der Waals surface area contributed by atoms with Gasteiger partial charge in [0.15, 0.2) is 0 Å². The van der Waals surface area contributed by atoms with Crippen molar-refractivity contribution in [2.75, 3.05) is 18.5 Å². The summed E-state index contributed by atoms with van der Waals surface area (Å²) in [5.41, 5.74) is 0.866. The summed E-state index contributed by atoms with van der Waals surface area (Å²) in [4.78, 5) is 11.5. The molecule has 5 heteroatoms. The molecule has 1 unspecified atom stereocenters. The third kappa shape index (κ3) is 1.74. The Balaban J connectivity index is 1.75. The summed E-state index contributed by atoms with van der Waals surface area (Å²) in [5.74, 6) is 0.877. The SMILES string of the molecule is c1nc(NCC2CCCO2)c2cc[nH]c2n1. The minimum Gasteiger partial charge on any atom is -0.376 e. The van der Waals surface area contributed by atoms with Gasteiger partial charge in [0.2, 0.25) is 0 Å². The molecule has 1 aliphatic heterocycles. The summed E-state index contributed by atoms with van der Waals surface area (Å²) >= 11 is 0. The first kappa shape index (κ1) is 9.59. The summed E-state index contributed by atoms with van der Waals surface area (Å²) in [6, 6.07) is 1.98. The highest BCUT2D eigenvalue weighted by molar-refractivity contribution is 5.86. The van der Waals surface area contributed by atoms with Crippen molar-refractivity contribution in [3.05, 3.63) is 18.6 Å². The first-order chi connectivity index (χ1) is 7.93. The number of H-pyrrole nitrogens is 1. The zero-order valence-electron chi connectivity index (χ0n) is 8.94. The van der Waals surface area contributed by atoms with Crippen LogP contribution in [0.5, 0.6) is 0 Å². The first-order valence-electron chi connectivity index (χ1n) is 5.57. The molecular weight excluding hydrogens is 204 g/mol. The molecule has 5 nitrogen and oxygen atoms in total. The van der Waals surface area contributed by atoms with E-state index in [1.165, 1.54) is 0 Å². The van der Waals surface area contributed by atoms with E-state index in [9.17, 15) is 0 Å². The van der Waals surface area contributed by atoms with Crippen LogP contribution in [0, 0.1) is 0 Å². The summed E-state index contributed by atoms with van der Waals surface area (Å²) in [6.45, 7) is 1.70. The van der Waals surface area contributed by atoms with Crippen LogP contribution in [0.15, 0.2) is 18.6 Å². The Hall–Kier alpha value is -1.62. The summed E-state index contributed by atoms with van der Waals surface area (Å²) < 4.78 is 5.55. The number of aromatic amines is 1. The number of nitrogens with zero attached hydrogens (tertiary/aromatic N) is 2. The molecule has 0 saturated carbocycles. The Bertz CT molecular complexity index is 476. The number of anilines is 1. The Kier molecular flexibility index (Phi) is 2.46. The summed E-state index contributed by atoms with van der Waals surface area (Å²) in [5, 5.41) is 4.35. The molecule has 0 radical (unpaired) electrons. The van der Waals surface area contributed by atoms with Crippen molar-refractivity contribution < 1.29 is 4.74 Å². The molecule has 84 valence electrons. The lowest BCUT2D eigenvalue weighted by atomic mass is 10.2. The van der Waals surface area contributed by atoms with Crippen LogP contribution in [0.25, 0.3) is 11.0 Å². The van der Waals surface area contributed by atoms with Crippen molar-refractivity contribution in [3.8, 4) is 0 Å². The smallest absolute Gasteiger partial charge is 0.142 e. The van der Waals surface area contributed by atoms with Crippen molar-refractivity contribution in [1.82, 2.24) is 15.0 Å². The van der Waals surface area contributed by atoms with Gasteiger partial charge in [-0.15, -0.1) is 0 Å². The predicted molar refractivity (Wildman–Crippen MR) is 61.4 cm³/mol. The highest BCUT2D eigenvalue weighted by Crippen LogP contribution is 2.18. The van der Waals surface area contributed by atoms with Crippen molar-refractivity contribution in [2.24, 2.45) is 0 Å². The fourth-order valence-electron chi connectivity index (χ4n) is 2.03. The van der Waals surface area contributed by atoms with E-state index in [1.807, 2.05) is 12.3 Å². The third-order valence-electron chi connectivity index (χ3n) is 2.88. The average Bonchev–Trinajstić information content (AvgIpc) is 2.97. The van der Waals surface area contributed by atoms with Crippen LogP contribution in [0.4, 0.5) is 5.82 Å².